The van der Waals surface area contributed by atoms with Crippen LogP contribution in [0.15, 0.2) is 36.4 Å². The van der Waals surface area contributed by atoms with Gasteiger partial charge in [-0.3, -0.25) is 0 Å². The molecule has 0 aliphatic heterocycles. The third kappa shape index (κ3) is 3.05. The van der Waals surface area contributed by atoms with Gasteiger partial charge in [0, 0.05) is 11.1 Å². The van der Waals surface area contributed by atoms with Gasteiger partial charge in [-0.1, -0.05) is 12.1 Å². The van der Waals surface area contributed by atoms with E-state index < -0.39 is 0 Å². The summed E-state index contributed by atoms with van der Waals surface area (Å²) in [5.74, 6) is 0.154. The first-order valence-electron chi connectivity index (χ1n) is 5.97. The Kier molecular flexibility index (Phi) is 4.04. The first kappa shape index (κ1) is 13.4. The van der Waals surface area contributed by atoms with Crippen LogP contribution < -0.4 is 0 Å². The lowest BCUT2D eigenvalue weighted by atomic mass is 9.99. The van der Waals surface area contributed by atoms with Gasteiger partial charge in [-0.25, -0.2) is 0 Å². The monoisotopic (exact) mass is 260 g/mol. The Morgan fingerprint density at radius 1 is 0.737 bits per heavy atom. The summed E-state index contributed by atoms with van der Waals surface area (Å²) in [4.78, 5) is 0. The highest BCUT2D eigenvalue weighted by Crippen LogP contribution is 2.26. The average molecular weight is 260 g/mol. The minimum absolute atomic E-state index is 0.0561. The van der Waals surface area contributed by atoms with Gasteiger partial charge in [-0.2, -0.15) is 0 Å². The number of hydrogen-bond acceptors (Lipinski definition) is 4. The Morgan fingerprint density at radius 3 is 1.74 bits per heavy atom. The number of phenolic OH excluding ortho intramolecular Hbond substituents is 1. The zero-order valence-corrected chi connectivity index (χ0v) is 10.4. The quantitative estimate of drug-likeness (QED) is 0.674. The Morgan fingerprint density at radius 2 is 1.26 bits per heavy atom. The Labute approximate surface area is 111 Å². The minimum atomic E-state index is -0.276. The second kappa shape index (κ2) is 5.73. The molecular weight excluding hydrogens is 244 g/mol. The lowest BCUT2D eigenvalue weighted by molar-refractivity contribution is 0.263. The van der Waals surface area contributed by atoms with Crippen LogP contribution in [0, 0.1) is 0 Å². The smallest absolute Gasteiger partial charge is 0.126 e. The standard InChI is InChI=1S/C15H16O4/c16-8-12-6-11(7-13(9-17)15(12)19)5-10-1-3-14(18)4-2-10/h1-4,6-7,16-19H,5,8-9H2. The van der Waals surface area contributed by atoms with Crippen LogP contribution in [0.25, 0.3) is 0 Å². The summed E-state index contributed by atoms with van der Waals surface area (Å²) in [7, 11) is 0. The fraction of sp³-hybridized carbons (Fsp3) is 0.200. The Bertz CT molecular complexity index is 536. The van der Waals surface area contributed by atoms with E-state index >= 15 is 0 Å². The van der Waals surface area contributed by atoms with Crippen molar-refractivity contribution in [1.29, 1.82) is 0 Å². The first-order chi connectivity index (χ1) is 9.13. The predicted octanol–water partition coefficient (Wildman–Crippen LogP) is 1.67. The van der Waals surface area contributed by atoms with Gasteiger partial charge in [0.2, 0.25) is 0 Å². The normalized spacial score (nSPS) is 10.6. The maximum atomic E-state index is 9.76. The Balaban J connectivity index is 2.32. The van der Waals surface area contributed by atoms with E-state index in [1.54, 1.807) is 36.4 Å². The molecule has 0 saturated heterocycles. The van der Waals surface area contributed by atoms with Gasteiger partial charge in [0.25, 0.3) is 0 Å². The molecule has 0 amide bonds. The van der Waals surface area contributed by atoms with Gasteiger partial charge < -0.3 is 20.4 Å². The third-order valence-corrected chi connectivity index (χ3v) is 3.01. The second-order valence-corrected chi connectivity index (χ2v) is 4.42. The molecule has 0 radical (unpaired) electrons. The molecule has 2 aromatic carbocycles. The fourth-order valence-corrected chi connectivity index (χ4v) is 2.02. The van der Waals surface area contributed by atoms with Gasteiger partial charge >= 0.3 is 0 Å². The second-order valence-electron chi connectivity index (χ2n) is 4.42. The van der Waals surface area contributed by atoms with Crippen LogP contribution in [-0.4, -0.2) is 20.4 Å². The first-order valence-corrected chi connectivity index (χ1v) is 5.97. The Hall–Kier alpha value is -2.04. The third-order valence-electron chi connectivity index (χ3n) is 3.01. The van der Waals surface area contributed by atoms with Gasteiger partial charge in [0.05, 0.1) is 13.2 Å². The van der Waals surface area contributed by atoms with Gasteiger partial charge in [-0.05, 0) is 41.8 Å². The summed E-state index contributed by atoms with van der Waals surface area (Å²) in [6.07, 6.45) is 0.598. The number of hydrogen-bond donors (Lipinski definition) is 4. The molecule has 0 aromatic heterocycles. The molecule has 0 unspecified atom stereocenters. The van der Waals surface area contributed by atoms with Crippen molar-refractivity contribution in [1.82, 2.24) is 0 Å². The van der Waals surface area contributed by atoms with Crippen molar-refractivity contribution in [3.05, 3.63) is 58.7 Å². The summed E-state index contributed by atoms with van der Waals surface area (Å²) < 4.78 is 0. The number of aliphatic hydroxyl groups is 2. The van der Waals surface area contributed by atoms with Crippen molar-refractivity contribution < 1.29 is 20.4 Å². The maximum absolute atomic E-state index is 9.76. The van der Waals surface area contributed by atoms with Crippen LogP contribution in [0.5, 0.6) is 11.5 Å². The molecule has 0 bridgehead atoms. The summed E-state index contributed by atoms with van der Waals surface area (Å²) in [5, 5.41) is 37.4. The van der Waals surface area contributed by atoms with Crippen molar-refractivity contribution in [3.63, 3.8) is 0 Å². The van der Waals surface area contributed by atoms with E-state index in [9.17, 15) is 20.4 Å². The molecule has 2 rings (SSSR count). The zero-order chi connectivity index (χ0) is 13.8. The minimum Gasteiger partial charge on any atom is -0.508 e. The highest BCUT2D eigenvalue weighted by molar-refractivity contribution is 5.44. The van der Waals surface area contributed by atoms with Crippen molar-refractivity contribution in [2.45, 2.75) is 19.6 Å². The van der Waals surface area contributed by atoms with E-state index in [1.807, 2.05) is 0 Å². The van der Waals surface area contributed by atoms with Crippen LogP contribution in [-0.2, 0) is 19.6 Å². The van der Waals surface area contributed by atoms with Gasteiger partial charge in [0.15, 0.2) is 0 Å². The molecule has 0 spiro atoms. The molecule has 0 atom stereocenters. The highest BCUT2D eigenvalue weighted by Gasteiger charge is 2.09. The lowest BCUT2D eigenvalue weighted by Gasteiger charge is -2.10. The molecule has 2 aromatic rings. The molecule has 0 heterocycles. The molecule has 19 heavy (non-hydrogen) atoms. The number of aromatic hydroxyl groups is 2. The maximum Gasteiger partial charge on any atom is 0.126 e. The van der Waals surface area contributed by atoms with E-state index in [2.05, 4.69) is 0 Å². The van der Waals surface area contributed by atoms with Crippen molar-refractivity contribution in [3.8, 4) is 11.5 Å². The summed E-state index contributed by atoms with van der Waals surface area (Å²) in [6, 6.07) is 10.2. The van der Waals surface area contributed by atoms with Gasteiger partial charge in [0.1, 0.15) is 11.5 Å². The molecule has 0 saturated carbocycles. The van der Waals surface area contributed by atoms with Crippen LogP contribution in [0.1, 0.15) is 22.3 Å². The molecule has 0 aliphatic carbocycles. The van der Waals surface area contributed by atoms with Crippen LogP contribution in [0.2, 0.25) is 0 Å². The van der Waals surface area contributed by atoms with Crippen LogP contribution >= 0.6 is 0 Å². The number of rotatable bonds is 4. The van der Waals surface area contributed by atoms with Crippen molar-refractivity contribution in [2.75, 3.05) is 0 Å². The predicted molar refractivity (Wildman–Crippen MR) is 70.9 cm³/mol. The van der Waals surface area contributed by atoms with E-state index in [4.69, 9.17) is 0 Å². The number of aliphatic hydroxyl groups excluding tert-OH is 2. The van der Waals surface area contributed by atoms with Crippen molar-refractivity contribution >= 4 is 0 Å². The lowest BCUT2D eigenvalue weighted by Crippen LogP contribution is -1.96. The van der Waals surface area contributed by atoms with E-state index in [1.165, 1.54) is 0 Å². The molecule has 4 N–H and O–H groups in total. The molecule has 4 nitrogen and oxygen atoms in total. The molecule has 4 heteroatoms. The highest BCUT2D eigenvalue weighted by atomic mass is 16.3. The number of benzene rings is 2. The van der Waals surface area contributed by atoms with Crippen molar-refractivity contribution in [2.24, 2.45) is 0 Å². The molecule has 100 valence electrons. The van der Waals surface area contributed by atoms with E-state index in [0.29, 0.717) is 17.5 Å². The zero-order valence-electron chi connectivity index (χ0n) is 10.4. The molecule has 0 fully saturated rings. The largest absolute Gasteiger partial charge is 0.508 e. The van der Waals surface area contributed by atoms with E-state index in [0.717, 1.165) is 11.1 Å². The molecule has 0 aliphatic rings. The summed E-state index contributed by atoms with van der Waals surface area (Å²) in [6.45, 7) is -0.551. The molecular formula is C15H16O4. The van der Waals surface area contributed by atoms with E-state index in [-0.39, 0.29) is 24.7 Å². The van der Waals surface area contributed by atoms with Crippen LogP contribution in [0.4, 0.5) is 0 Å². The van der Waals surface area contributed by atoms with Gasteiger partial charge in [-0.15, -0.1) is 0 Å². The summed E-state index contributed by atoms with van der Waals surface area (Å²) in [5.41, 5.74) is 2.69. The SMILES string of the molecule is OCc1cc(Cc2ccc(O)cc2)cc(CO)c1O. The topological polar surface area (TPSA) is 80.9 Å². The number of phenols is 2. The average Bonchev–Trinajstić information content (AvgIpc) is 2.43. The summed E-state index contributed by atoms with van der Waals surface area (Å²) >= 11 is 0. The van der Waals surface area contributed by atoms with Crippen LogP contribution in [0.3, 0.4) is 0 Å². The fourth-order valence-electron chi connectivity index (χ4n) is 2.02.